The van der Waals surface area contributed by atoms with E-state index < -0.39 is 36.1 Å². The van der Waals surface area contributed by atoms with Gasteiger partial charge in [-0.15, -0.1) is 0 Å². The lowest BCUT2D eigenvalue weighted by atomic mass is 10.0. The van der Waals surface area contributed by atoms with Gasteiger partial charge < -0.3 is 19.9 Å². The molecule has 2 unspecified atom stereocenters. The van der Waals surface area contributed by atoms with Crippen LogP contribution in [0.25, 0.3) is 0 Å². The topological polar surface area (TPSA) is 102 Å². The third kappa shape index (κ3) is 3.92. The maximum Gasteiger partial charge on any atom is 0.332 e. The molecule has 0 bridgehead atoms. The molecule has 1 heterocycles. The molecule has 108 valence electrons. The maximum atomic E-state index is 11.9. The van der Waals surface area contributed by atoms with Gasteiger partial charge in [0, 0.05) is 0 Å². The minimum absolute atomic E-state index is 0.131. The van der Waals surface area contributed by atoms with E-state index in [2.05, 4.69) is 10.1 Å². The van der Waals surface area contributed by atoms with Crippen molar-refractivity contribution in [2.75, 3.05) is 7.11 Å². The van der Waals surface area contributed by atoms with Crippen molar-refractivity contribution in [2.45, 2.75) is 44.9 Å². The van der Waals surface area contributed by atoms with Gasteiger partial charge in [0.2, 0.25) is 5.91 Å². The number of amides is 1. The molecule has 3 atom stereocenters. The number of esters is 1. The molecule has 0 saturated carbocycles. The Kier molecular flexibility index (Phi) is 5.29. The lowest BCUT2D eigenvalue weighted by Gasteiger charge is -2.21. The van der Waals surface area contributed by atoms with E-state index >= 15 is 0 Å². The third-order valence-corrected chi connectivity index (χ3v) is 3.01. The van der Waals surface area contributed by atoms with Crippen LogP contribution in [0.4, 0.5) is 0 Å². The zero-order valence-electron chi connectivity index (χ0n) is 11.2. The van der Waals surface area contributed by atoms with Gasteiger partial charge in [-0.3, -0.25) is 4.79 Å². The molecule has 19 heavy (non-hydrogen) atoms. The van der Waals surface area contributed by atoms with Crippen LogP contribution in [0.3, 0.4) is 0 Å². The van der Waals surface area contributed by atoms with Crippen LogP contribution in [0.2, 0.25) is 0 Å². The van der Waals surface area contributed by atoms with Crippen molar-refractivity contribution < 1.29 is 29.0 Å². The number of rotatable bonds is 5. The zero-order chi connectivity index (χ0) is 14.6. The molecule has 1 amide bonds. The molecule has 1 aliphatic rings. The summed E-state index contributed by atoms with van der Waals surface area (Å²) in [7, 11) is 1.25. The number of ether oxygens (including phenoxy) is 2. The molecular weight excluding hydrogens is 254 g/mol. The summed E-state index contributed by atoms with van der Waals surface area (Å²) in [6.07, 6.45) is -1.16. The van der Waals surface area contributed by atoms with Crippen LogP contribution in [0.5, 0.6) is 0 Å². The number of carbonyl (C=O) groups excluding carboxylic acids is 2. The Bertz CT molecular complexity index is 367. The predicted molar refractivity (Wildman–Crippen MR) is 64.3 cm³/mol. The first-order chi connectivity index (χ1) is 8.86. The van der Waals surface area contributed by atoms with Crippen LogP contribution in [-0.2, 0) is 23.9 Å². The highest BCUT2D eigenvalue weighted by Gasteiger charge is 2.36. The van der Waals surface area contributed by atoms with Crippen molar-refractivity contribution in [2.24, 2.45) is 5.92 Å². The molecule has 1 aliphatic heterocycles. The monoisotopic (exact) mass is 273 g/mol. The Morgan fingerprint density at radius 2 is 1.84 bits per heavy atom. The quantitative estimate of drug-likeness (QED) is 0.680. The first-order valence-electron chi connectivity index (χ1n) is 6.13. The predicted octanol–water partition coefficient (Wildman–Crippen LogP) is -0.0676. The van der Waals surface area contributed by atoms with Crippen molar-refractivity contribution in [3.05, 3.63) is 0 Å². The third-order valence-electron chi connectivity index (χ3n) is 3.01. The number of hydrogen-bond donors (Lipinski definition) is 2. The molecule has 7 nitrogen and oxygen atoms in total. The normalized spacial score (nSPS) is 24.0. The molecular formula is C12H19NO6. The molecule has 0 aromatic carbocycles. The smallest absolute Gasteiger partial charge is 0.332 e. The number of carbonyl (C=O) groups is 3. The Balaban J connectivity index is 2.59. The van der Waals surface area contributed by atoms with E-state index in [1.807, 2.05) is 0 Å². The Morgan fingerprint density at radius 3 is 2.26 bits per heavy atom. The van der Waals surface area contributed by atoms with Crippen LogP contribution in [0, 0.1) is 5.92 Å². The summed E-state index contributed by atoms with van der Waals surface area (Å²) in [5.74, 6) is -2.22. The van der Waals surface area contributed by atoms with E-state index in [-0.39, 0.29) is 12.3 Å². The van der Waals surface area contributed by atoms with Gasteiger partial charge in [0.05, 0.1) is 7.11 Å². The fourth-order valence-electron chi connectivity index (χ4n) is 1.88. The van der Waals surface area contributed by atoms with E-state index in [0.717, 1.165) is 0 Å². The molecule has 7 heteroatoms. The van der Waals surface area contributed by atoms with E-state index in [9.17, 15) is 14.4 Å². The van der Waals surface area contributed by atoms with Gasteiger partial charge in [-0.05, 0) is 18.8 Å². The zero-order valence-corrected chi connectivity index (χ0v) is 11.2. The molecule has 0 aromatic rings. The van der Waals surface area contributed by atoms with E-state index in [1.165, 1.54) is 7.11 Å². The van der Waals surface area contributed by atoms with Crippen molar-refractivity contribution in [3.8, 4) is 0 Å². The summed E-state index contributed by atoms with van der Waals surface area (Å²) in [4.78, 5) is 34.1. The lowest BCUT2D eigenvalue weighted by Crippen LogP contribution is -2.48. The van der Waals surface area contributed by atoms with Crippen molar-refractivity contribution in [3.63, 3.8) is 0 Å². The SMILES string of the molecule is COC(=O)[C@@H](NC(=O)C1CCC(C(=O)O)O1)C(C)C. The molecule has 1 saturated heterocycles. The fraction of sp³-hybridized carbons (Fsp3) is 0.750. The largest absolute Gasteiger partial charge is 0.479 e. The Labute approximate surface area is 111 Å². The fourth-order valence-corrected chi connectivity index (χ4v) is 1.88. The summed E-state index contributed by atoms with van der Waals surface area (Å²) < 4.78 is 9.72. The number of carboxylic acid groups (broad SMARTS) is 1. The molecule has 1 fully saturated rings. The van der Waals surface area contributed by atoms with Gasteiger partial charge in [0.1, 0.15) is 12.1 Å². The second kappa shape index (κ2) is 6.51. The van der Waals surface area contributed by atoms with Gasteiger partial charge in [-0.25, -0.2) is 9.59 Å². The summed E-state index contributed by atoms with van der Waals surface area (Å²) in [5, 5.41) is 11.3. The van der Waals surface area contributed by atoms with Crippen LogP contribution in [-0.4, -0.2) is 48.3 Å². The summed E-state index contributed by atoms with van der Waals surface area (Å²) >= 11 is 0. The molecule has 0 radical (unpaired) electrons. The van der Waals surface area contributed by atoms with Gasteiger partial charge >= 0.3 is 11.9 Å². The summed E-state index contributed by atoms with van der Waals surface area (Å²) in [6.45, 7) is 3.55. The minimum atomic E-state index is -1.08. The second-order valence-corrected chi connectivity index (χ2v) is 4.78. The summed E-state index contributed by atoms with van der Waals surface area (Å²) in [5.41, 5.74) is 0. The first kappa shape index (κ1) is 15.4. The highest BCUT2D eigenvalue weighted by atomic mass is 16.5. The van der Waals surface area contributed by atoms with Crippen LogP contribution in [0.1, 0.15) is 26.7 Å². The Morgan fingerprint density at radius 1 is 1.26 bits per heavy atom. The van der Waals surface area contributed by atoms with Crippen molar-refractivity contribution >= 4 is 17.8 Å². The maximum absolute atomic E-state index is 11.9. The minimum Gasteiger partial charge on any atom is -0.479 e. The van der Waals surface area contributed by atoms with Crippen molar-refractivity contribution in [1.29, 1.82) is 0 Å². The molecule has 0 aliphatic carbocycles. The van der Waals surface area contributed by atoms with Gasteiger partial charge in [0.25, 0.3) is 0 Å². The van der Waals surface area contributed by atoms with Crippen LogP contribution < -0.4 is 5.32 Å². The van der Waals surface area contributed by atoms with E-state index in [0.29, 0.717) is 6.42 Å². The molecule has 0 aromatic heterocycles. The highest BCUT2D eigenvalue weighted by Crippen LogP contribution is 2.20. The number of aliphatic carboxylic acids is 1. The number of methoxy groups -OCH3 is 1. The van der Waals surface area contributed by atoms with Crippen LogP contribution >= 0.6 is 0 Å². The Hall–Kier alpha value is -1.63. The second-order valence-electron chi connectivity index (χ2n) is 4.78. The standard InChI is InChI=1S/C12H19NO6/c1-6(2)9(12(17)18-3)13-10(14)7-4-5-8(19-7)11(15)16/h6-9H,4-5H2,1-3H3,(H,13,14)(H,15,16)/t7?,8?,9-/m0/s1. The van der Waals surface area contributed by atoms with Gasteiger partial charge in [-0.2, -0.15) is 0 Å². The molecule has 2 N–H and O–H groups in total. The van der Waals surface area contributed by atoms with Gasteiger partial charge in [-0.1, -0.05) is 13.8 Å². The van der Waals surface area contributed by atoms with E-state index in [1.54, 1.807) is 13.8 Å². The number of carboxylic acids is 1. The highest BCUT2D eigenvalue weighted by molar-refractivity contribution is 5.87. The average Bonchev–Trinajstić information content (AvgIpc) is 2.84. The lowest BCUT2D eigenvalue weighted by molar-refractivity contribution is -0.154. The van der Waals surface area contributed by atoms with E-state index in [4.69, 9.17) is 9.84 Å². The first-order valence-corrected chi connectivity index (χ1v) is 6.13. The van der Waals surface area contributed by atoms with Crippen LogP contribution in [0.15, 0.2) is 0 Å². The summed E-state index contributed by atoms with van der Waals surface area (Å²) in [6, 6.07) is -0.759. The average molecular weight is 273 g/mol. The number of nitrogens with one attached hydrogen (secondary N) is 1. The van der Waals surface area contributed by atoms with Crippen molar-refractivity contribution in [1.82, 2.24) is 5.32 Å². The number of hydrogen-bond acceptors (Lipinski definition) is 5. The molecule has 0 spiro atoms. The molecule has 1 rings (SSSR count). The van der Waals surface area contributed by atoms with Gasteiger partial charge in [0.15, 0.2) is 6.10 Å².